The minimum atomic E-state index is -0.0905. The molecule has 4 aliphatic rings. The van der Waals surface area contributed by atoms with Crippen molar-refractivity contribution < 1.29 is 9.21 Å². The molecule has 4 aliphatic carbocycles. The monoisotopic (exact) mass is 258 g/mol. The molecule has 1 aromatic heterocycles. The van der Waals surface area contributed by atoms with E-state index < -0.39 is 0 Å². The first-order valence-corrected chi connectivity index (χ1v) is 7.49. The number of carbonyl (C=O) groups excluding carboxylic acids is 1. The second-order valence-electron chi connectivity index (χ2n) is 8.25. The van der Waals surface area contributed by atoms with Crippen LogP contribution < -0.4 is 0 Å². The predicted octanol–water partition coefficient (Wildman–Crippen LogP) is 4.46. The highest BCUT2D eigenvalue weighted by Gasteiger charge is 2.62. The topological polar surface area (TPSA) is 30.2 Å². The van der Waals surface area contributed by atoms with Gasteiger partial charge in [0, 0.05) is 5.41 Å². The fourth-order valence-electron chi connectivity index (χ4n) is 6.40. The van der Waals surface area contributed by atoms with Gasteiger partial charge in [-0.25, -0.2) is 0 Å². The van der Waals surface area contributed by atoms with E-state index in [1.807, 2.05) is 6.07 Å². The Bertz CT molecular complexity index is 509. The Morgan fingerprint density at radius 1 is 1.16 bits per heavy atom. The zero-order valence-corrected chi connectivity index (χ0v) is 11.9. The van der Waals surface area contributed by atoms with Gasteiger partial charge in [0.1, 0.15) is 6.26 Å². The number of Topliss-reactive ketones (excluding diaryl/α,β-unsaturated/α-hetero) is 1. The van der Waals surface area contributed by atoms with Crippen LogP contribution in [0, 0.1) is 22.2 Å². The number of rotatable bonds is 2. The van der Waals surface area contributed by atoms with Gasteiger partial charge in [0.05, 0.1) is 11.8 Å². The van der Waals surface area contributed by atoms with Crippen molar-refractivity contribution in [1.82, 2.24) is 0 Å². The van der Waals surface area contributed by atoms with Gasteiger partial charge >= 0.3 is 0 Å². The van der Waals surface area contributed by atoms with Crippen molar-refractivity contribution in [2.45, 2.75) is 52.4 Å². The second kappa shape index (κ2) is 3.34. The van der Waals surface area contributed by atoms with Crippen LogP contribution in [0.4, 0.5) is 0 Å². The molecular formula is C17H22O2. The standard InChI is InChI=1S/C17H22O2/c1-15-5-12-6-16(2,9-15)11-17(7-12,10-15)14(18)13-3-4-19-8-13/h3-4,8,12H,5-7,9-11H2,1-2H3. The molecule has 4 fully saturated rings. The Labute approximate surface area is 114 Å². The number of carbonyl (C=O) groups is 1. The lowest BCUT2D eigenvalue weighted by Gasteiger charge is -2.64. The smallest absolute Gasteiger partial charge is 0.172 e. The van der Waals surface area contributed by atoms with Crippen LogP contribution in [0.25, 0.3) is 0 Å². The van der Waals surface area contributed by atoms with Crippen LogP contribution in [0.2, 0.25) is 0 Å². The summed E-state index contributed by atoms with van der Waals surface area (Å²) >= 11 is 0. The zero-order chi connectivity index (χ0) is 13.3. The van der Waals surface area contributed by atoms with Crippen LogP contribution >= 0.6 is 0 Å². The third-order valence-corrected chi connectivity index (χ3v) is 5.89. The van der Waals surface area contributed by atoms with Crippen molar-refractivity contribution in [1.29, 1.82) is 0 Å². The van der Waals surface area contributed by atoms with E-state index in [0.717, 1.165) is 30.7 Å². The minimum absolute atomic E-state index is 0.0905. The summed E-state index contributed by atoms with van der Waals surface area (Å²) in [7, 11) is 0. The van der Waals surface area contributed by atoms with Gasteiger partial charge in [-0.15, -0.1) is 0 Å². The summed E-state index contributed by atoms with van der Waals surface area (Å²) in [4.78, 5) is 13.0. The van der Waals surface area contributed by atoms with E-state index in [0.29, 0.717) is 16.6 Å². The Kier molecular flexibility index (Phi) is 2.06. The average Bonchev–Trinajstić information content (AvgIpc) is 2.75. The van der Waals surface area contributed by atoms with Crippen molar-refractivity contribution in [3.05, 3.63) is 24.2 Å². The normalized spacial score (nSPS) is 47.6. The molecule has 4 bridgehead atoms. The number of hydrogen-bond acceptors (Lipinski definition) is 2. The molecule has 0 amide bonds. The Hall–Kier alpha value is -1.05. The van der Waals surface area contributed by atoms with Crippen LogP contribution in [-0.4, -0.2) is 5.78 Å². The molecule has 102 valence electrons. The van der Waals surface area contributed by atoms with Gasteiger partial charge in [-0.05, 0) is 61.3 Å². The summed E-state index contributed by atoms with van der Waals surface area (Å²) in [5.74, 6) is 1.12. The molecule has 2 unspecified atom stereocenters. The maximum absolute atomic E-state index is 13.0. The van der Waals surface area contributed by atoms with Gasteiger partial charge in [-0.3, -0.25) is 4.79 Å². The minimum Gasteiger partial charge on any atom is -0.472 e. The highest BCUT2D eigenvalue weighted by Crippen LogP contribution is 2.70. The highest BCUT2D eigenvalue weighted by atomic mass is 16.3. The fourth-order valence-corrected chi connectivity index (χ4v) is 6.40. The lowest BCUT2D eigenvalue weighted by atomic mass is 9.39. The van der Waals surface area contributed by atoms with Crippen molar-refractivity contribution in [3.63, 3.8) is 0 Å². The van der Waals surface area contributed by atoms with E-state index >= 15 is 0 Å². The van der Waals surface area contributed by atoms with Gasteiger partial charge < -0.3 is 4.42 Å². The van der Waals surface area contributed by atoms with Crippen LogP contribution in [0.15, 0.2) is 23.0 Å². The van der Waals surface area contributed by atoms with Gasteiger partial charge in [0.2, 0.25) is 0 Å². The molecule has 0 saturated heterocycles. The van der Waals surface area contributed by atoms with E-state index in [4.69, 9.17) is 4.42 Å². The van der Waals surface area contributed by atoms with E-state index in [1.54, 1.807) is 12.5 Å². The zero-order valence-electron chi connectivity index (χ0n) is 11.9. The molecule has 2 atom stereocenters. The summed E-state index contributed by atoms with van der Waals surface area (Å²) in [6, 6.07) is 1.84. The summed E-state index contributed by atoms with van der Waals surface area (Å²) < 4.78 is 5.13. The maximum Gasteiger partial charge on any atom is 0.172 e. The van der Waals surface area contributed by atoms with Crippen LogP contribution in [0.1, 0.15) is 62.7 Å². The van der Waals surface area contributed by atoms with Gasteiger partial charge in [-0.1, -0.05) is 13.8 Å². The molecule has 5 rings (SSSR count). The first-order valence-electron chi connectivity index (χ1n) is 7.49. The first kappa shape index (κ1) is 11.7. The Balaban J connectivity index is 1.77. The first-order chi connectivity index (χ1) is 8.92. The number of furan rings is 1. The summed E-state index contributed by atoms with van der Waals surface area (Å²) in [6.45, 7) is 4.82. The summed E-state index contributed by atoms with van der Waals surface area (Å²) in [5.41, 5.74) is 1.49. The largest absolute Gasteiger partial charge is 0.472 e. The molecule has 0 spiro atoms. The van der Waals surface area contributed by atoms with Crippen molar-refractivity contribution in [2.24, 2.45) is 22.2 Å². The average molecular weight is 258 g/mol. The molecule has 2 nitrogen and oxygen atoms in total. The molecule has 1 heterocycles. The summed E-state index contributed by atoms with van der Waals surface area (Å²) in [5, 5.41) is 0. The van der Waals surface area contributed by atoms with Gasteiger partial charge in [0.25, 0.3) is 0 Å². The van der Waals surface area contributed by atoms with Crippen molar-refractivity contribution in [3.8, 4) is 0 Å². The number of ketones is 1. The fraction of sp³-hybridized carbons (Fsp3) is 0.706. The van der Waals surface area contributed by atoms with E-state index in [2.05, 4.69) is 13.8 Å². The second-order valence-corrected chi connectivity index (χ2v) is 8.25. The van der Waals surface area contributed by atoms with Crippen LogP contribution in [0.5, 0.6) is 0 Å². The molecule has 0 aromatic carbocycles. The Morgan fingerprint density at radius 3 is 2.37 bits per heavy atom. The predicted molar refractivity (Wildman–Crippen MR) is 72.9 cm³/mol. The summed E-state index contributed by atoms with van der Waals surface area (Å²) in [6.07, 6.45) is 10.5. The molecule has 0 aliphatic heterocycles. The van der Waals surface area contributed by atoms with Gasteiger partial charge in [0.15, 0.2) is 5.78 Å². The lowest BCUT2D eigenvalue weighted by molar-refractivity contribution is -0.125. The molecule has 0 N–H and O–H groups in total. The quantitative estimate of drug-likeness (QED) is 0.733. The van der Waals surface area contributed by atoms with Crippen molar-refractivity contribution in [2.75, 3.05) is 0 Å². The maximum atomic E-state index is 13.0. The van der Waals surface area contributed by atoms with Crippen molar-refractivity contribution >= 4 is 5.78 Å². The SMILES string of the molecule is CC12CC3CC(C)(C1)CC(C(=O)c1ccoc1)(C3)C2. The lowest BCUT2D eigenvalue weighted by Crippen LogP contribution is -2.57. The molecule has 2 heteroatoms. The van der Waals surface area contributed by atoms with Crippen LogP contribution in [-0.2, 0) is 0 Å². The van der Waals surface area contributed by atoms with E-state index in [9.17, 15) is 4.79 Å². The third-order valence-electron chi connectivity index (χ3n) is 5.89. The molecule has 1 aromatic rings. The van der Waals surface area contributed by atoms with E-state index in [-0.39, 0.29) is 5.41 Å². The van der Waals surface area contributed by atoms with E-state index in [1.165, 1.54) is 19.3 Å². The van der Waals surface area contributed by atoms with Crippen LogP contribution in [0.3, 0.4) is 0 Å². The molecule has 4 saturated carbocycles. The molecule has 19 heavy (non-hydrogen) atoms. The Morgan fingerprint density at radius 2 is 1.84 bits per heavy atom. The molecular weight excluding hydrogens is 236 g/mol. The third kappa shape index (κ3) is 1.58. The molecule has 0 radical (unpaired) electrons. The van der Waals surface area contributed by atoms with Gasteiger partial charge in [-0.2, -0.15) is 0 Å². The number of hydrogen-bond donors (Lipinski definition) is 0. The highest BCUT2D eigenvalue weighted by molar-refractivity contribution is 6.00.